The van der Waals surface area contributed by atoms with E-state index in [0.717, 1.165) is 4.90 Å². The lowest BCUT2D eigenvalue weighted by molar-refractivity contribution is 0.628. The molecule has 2 aromatic carbocycles. The van der Waals surface area contributed by atoms with Gasteiger partial charge in [0.2, 0.25) is 5.43 Å². The van der Waals surface area contributed by atoms with Crippen molar-refractivity contribution in [1.82, 2.24) is 4.57 Å². The van der Waals surface area contributed by atoms with E-state index in [1.54, 1.807) is 24.5 Å². The lowest BCUT2D eigenvalue weighted by atomic mass is 10.1. The van der Waals surface area contributed by atoms with Crippen molar-refractivity contribution in [2.24, 2.45) is 7.05 Å². The van der Waals surface area contributed by atoms with Crippen molar-refractivity contribution in [3.8, 4) is 11.1 Å². The van der Waals surface area contributed by atoms with Crippen molar-refractivity contribution in [1.29, 1.82) is 0 Å². The number of nitrogens with zero attached hydrogens (tertiary/aromatic N) is 1. The highest BCUT2D eigenvalue weighted by atomic mass is 32.2. The molecule has 1 aromatic heterocycles. The van der Waals surface area contributed by atoms with Gasteiger partial charge in [0.15, 0.2) is 0 Å². The van der Waals surface area contributed by atoms with Gasteiger partial charge in [0.05, 0.1) is 4.90 Å². The van der Waals surface area contributed by atoms with E-state index in [4.69, 9.17) is 0 Å². The largest absolute Gasteiger partial charge is 0.355 e. The van der Waals surface area contributed by atoms with Crippen molar-refractivity contribution < 1.29 is 4.39 Å². The van der Waals surface area contributed by atoms with E-state index in [2.05, 4.69) is 0 Å². The minimum atomic E-state index is -0.347. The molecular formula is C18H14FNOS. The van der Waals surface area contributed by atoms with Crippen molar-refractivity contribution >= 4 is 11.8 Å². The Kier molecular flexibility index (Phi) is 4.11. The fraction of sp³-hybridized carbons (Fsp3) is 0.0556. The number of aromatic nitrogens is 1. The molecule has 3 rings (SSSR count). The van der Waals surface area contributed by atoms with Gasteiger partial charge in [0.25, 0.3) is 0 Å². The molecule has 4 heteroatoms. The fourth-order valence-corrected chi connectivity index (χ4v) is 3.19. The van der Waals surface area contributed by atoms with Crippen LogP contribution in [0, 0.1) is 5.82 Å². The van der Waals surface area contributed by atoms with E-state index in [1.807, 2.05) is 41.9 Å². The molecule has 0 amide bonds. The summed E-state index contributed by atoms with van der Waals surface area (Å²) < 4.78 is 15.2. The van der Waals surface area contributed by atoms with Crippen molar-refractivity contribution in [3.63, 3.8) is 0 Å². The average molecular weight is 311 g/mol. The molecule has 0 N–H and O–H groups in total. The Labute approximate surface area is 132 Å². The molecule has 0 spiro atoms. The average Bonchev–Trinajstić information content (AvgIpc) is 2.51. The first kappa shape index (κ1) is 14.6. The van der Waals surface area contributed by atoms with Crippen LogP contribution in [0.1, 0.15) is 0 Å². The molecule has 0 aliphatic rings. The molecular weight excluding hydrogens is 297 g/mol. The summed E-state index contributed by atoms with van der Waals surface area (Å²) in [5.41, 5.74) is 1.01. The molecule has 1 heterocycles. The zero-order valence-corrected chi connectivity index (χ0v) is 12.8. The van der Waals surface area contributed by atoms with Gasteiger partial charge in [-0.15, -0.1) is 0 Å². The molecule has 2 nitrogen and oxygen atoms in total. The highest BCUT2D eigenvalue weighted by Crippen LogP contribution is 2.26. The second-order valence-electron chi connectivity index (χ2n) is 4.96. The molecule has 0 saturated heterocycles. The smallest absolute Gasteiger partial charge is 0.203 e. The second-order valence-corrected chi connectivity index (χ2v) is 6.07. The molecule has 0 fully saturated rings. The highest BCUT2D eigenvalue weighted by molar-refractivity contribution is 7.99. The number of hydrogen-bond acceptors (Lipinski definition) is 2. The van der Waals surface area contributed by atoms with E-state index in [-0.39, 0.29) is 11.2 Å². The number of pyridine rings is 1. The number of aryl methyl sites for hydroxylation is 1. The number of rotatable bonds is 3. The first-order valence-electron chi connectivity index (χ1n) is 6.82. The van der Waals surface area contributed by atoms with Gasteiger partial charge in [-0.25, -0.2) is 4.39 Å². The number of hydrogen-bond donors (Lipinski definition) is 0. The fourth-order valence-electron chi connectivity index (χ4n) is 2.23. The maximum atomic E-state index is 13.4. The first-order valence-corrected chi connectivity index (χ1v) is 7.64. The molecule has 3 aromatic rings. The van der Waals surface area contributed by atoms with Crippen LogP contribution in [0.15, 0.2) is 81.6 Å². The molecule has 22 heavy (non-hydrogen) atoms. The summed E-state index contributed by atoms with van der Waals surface area (Å²) in [5, 5.41) is 0. The quantitative estimate of drug-likeness (QED) is 0.717. The molecule has 0 aliphatic carbocycles. The van der Waals surface area contributed by atoms with E-state index in [9.17, 15) is 9.18 Å². The predicted molar refractivity (Wildman–Crippen MR) is 87.6 cm³/mol. The van der Waals surface area contributed by atoms with E-state index in [1.165, 1.54) is 23.9 Å². The first-order chi connectivity index (χ1) is 10.6. The van der Waals surface area contributed by atoms with Crippen LogP contribution in [-0.4, -0.2) is 4.57 Å². The van der Waals surface area contributed by atoms with Crippen LogP contribution in [0.25, 0.3) is 11.1 Å². The maximum Gasteiger partial charge on any atom is 0.203 e. The molecule has 0 aliphatic heterocycles. The Morgan fingerprint density at radius 1 is 1.00 bits per heavy atom. The topological polar surface area (TPSA) is 22.0 Å². The van der Waals surface area contributed by atoms with Gasteiger partial charge < -0.3 is 4.57 Å². The summed E-state index contributed by atoms with van der Waals surface area (Å²) >= 11 is 1.41. The third kappa shape index (κ3) is 3.12. The van der Waals surface area contributed by atoms with Crippen LogP contribution < -0.4 is 5.43 Å². The number of halogens is 1. The molecule has 0 bridgehead atoms. The Morgan fingerprint density at radius 2 is 1.77 bits per heavy atom. The Hall–Kier alpha value is -2.33. The lowest BCUT2D eigenvalue weighted by Crippen LogP contribution is -2.11. The SMILES string of the molecule is Cn1cc(Sc2ccccc2)c(=O)c(-c2cccc(F)c2)c1. The van der Waals surface area contributed by atoms with Gasteiger partial charge in [-0.05, 0) is 29.8 Å². The van der Waals surface area contributed by atoms with Gasteiger partial charge in [0.1, 0.15) is 5.82 Å². The minimum absolute atomic E-state index is 0.0856. The van der Waals surface area contributed by atoms with Crippen LogP contribution in [0.4, 0.5) is 4.39 Å². The van der Waals surface area contributed by atoms with Gasteiger partial charge in [0, 0.05) is 29.9 Å². The van der Waals surface area contributed by atoms with Gasteiger partial charge in [-0.1, -0.05) is 42.1 Å². The molecule has 0 unspecified atom stereocenters. The second kappa shape index (κ2) is 6.20. The summed E-state index contributed by atoms with van der Waals surface area (Å²) in [4.78, 5) is 14.3. The molecule has 110 valence electrons. The van der Waals surface area contributed by atoms with E-state index >= 15 is 0 Å². The van der Waals surface area contributed by atoms with Crippen molar-refractivity contribution in [2.45, 2.75) is 9.79 Å². The van der Waals surface area contributed by atoms with Gasteiger partial charge in [-0.2, -0.15) is 0 Å². The third-order valence-corrected chi connectivity index (χ3v) is 4.25. The van der Waals surface area contributed by atoms with Crippen molar-refractivity contribution in [3.05, 3.63) is 83.0 Å². The summed E-state index contributed by atoms with van der Waals surface area (Å²) in [5.74, 6) is -0.347. The Morgan fingerprint density at radius 3 is 2.50 bits per heavy atom. The van der Waals surface area contributed by atoms with Crippen LogP contribution in [0.5, 0.6) is 0 Å². The van der Waals surface area contributed by atoms with Gasteiger partial charge >= 0.3 is 0 Å². The van der Waals surface area contributed by atoms with Crippen LogP contribution in [0.3, 0.4) is 0 Å². The maximum absolute atomic E-state index is 13.4. The third-order valence-electron chi connectivity index (χ3n) is 3.23. The normalized spacial score (nSPS) is 10.6. The highest BCUT2D eigenvalue weighted by Gasteiger charge is 2.10. The standard InChI is InChI=1S/C18H14FNOS/c1-20-11-16(13-6-5-7-14(19)10-13)18(21)17(12-20)22-15-8-3-2-4-9-15/h2-12H,1H3. The van der Waals surface area contributed by atoms with Crippen LogP contribution in [-0.2, 0) is 7.05 Å². The van der Waals surface area contributed by atoms with Gasteiger partial charge in [-0.3, -0.25) is 4.79 Å². The van der Waals surface area contributed by atoms with E-state index in [0.29, 0.717) is 16.0 Å². The zero-order valence-electron chi connectivity index (χ0n) is 12.0. The van der Waals surface area contributed by atoms with Crippen LogP contribution >= 0.6 is 11.8 Å². The summed E-state index contributed by atoms with van der Waals surface area (Å²) in [6.45, 7) is 0. The summed E-state index contributed by atoms with van der Waals surface area (Å²) in [7, 11) is 1.86. The monoisotopic (exact) mass is 311 g/mol. The zero-order chi connectivity index (χ0) is 15.5. The Balaban J connectivity index is 2.08. The van der Waals surface area contributed by atoms with Crippen molar-refractivity contribution in [2.75, 3.05) is 0 Å². The predicted octanol–water partition coefficient (Wildman–Crippen LogP) is 4.34. The molecule has 0 saturated carbocycles. The number of benzene rings is 2. The molecule has 0 atom stereocenters. The molecule has 0 radical (unpaired) electrons. The lowest BCUT2D eigenvalue weighted by Gasteiger charge is -2.08. The van der Waals surface area contributed by atoms with Crippen LogP contribution in [0.2, 0.25) is 0 Å². The summed E-state index contributed by atoms with van der Waals surface area (Å²) in [6, 6.07) is 15.8. The Bertz CT molecular complexity index is 858. The van der Waals surface area contributed by atoms with E-state index < -0.39 is 0 Å². The summed E-state index contributed by atoms with van der Waals surface area (Å²) in [6.07, 6.45) is 3.52. The minimum Gasteiger partial charge on any atom is -0.355 e.